The van der Waals surface area contributed by atoms with E-state index in [2.05, 4.69) is 6.58 Å². The van der Waals surface area contributed by atoms with Gasteiger partial charge in [0, 0.05) is 7.11 Å². The lowest BCUT2D eigenvalue weighted by Gasteiger charge is -2.45. The van der Waals surface area contributed by atoms with Crippen LogP contribution in [0.2, 0.25) is 0 Å². The molecular weight excluding hydrogens is 384 g/mol. The minimum Gasteiger partial charge on any atom is -0.394 e. The van der Waals surface area contributed by atoms with Crippen molar-refractivity contribution in [2.45, 2.75) is 43.9 Å². The van der Waals surface area contributed by atoms with Crippen LogP contribution in [0, 0.1) is 0 Å². The van der Waals surface area contributed by atoms with Crippen molar-refractivity contribution in [3.8, 4) is 0 Å². The first-order valence-electron chi connectivity index (χ1n) is 10.1. The Morgan fingerprint density at radius 3 is 1.93 bits per heavy atom. The smallest absolute Gasteiger partial charge is 0.186 e. The Kier molecular flexibility index (Phi) is 9.01. The molecule has 1 saturated heterocycles. The van der Waals surface area contributed by atoms with Crippen LogP contribution in [-0.2, 0) is 36.9 Å². The number of benzene rings is 2. The number of rotatable bonds is 11. The standard InChI is InChI=1S/C24H30O6/c1-3-14-27-23-22(29-17-19-12-8-5-9-13-19)21(20(15-25)30-24(23)26-2)28-16-18-10-6-4-7-11-18/h3-13,20-25H,1,14-17H2,2H3/t20-,21-,22+,23+,24+/m1/s1. The average molecular weight is 414 g/mol. The van der Waals surface area contributed by atoms with Gasteiger partial charge in [0.2, 0.25) is 0 Å². The van der Waals surface area contributed by atoms with Crippen molar-refractivity contribution in [1.82, 2.24) is 0 Å². The first-order valence-corrected chi connectivity index (χ1v) is 10.1. The first kappa shape index (κ1) is 22.6. The summed E-state index contributed by atoms with van der Waals surface area (Å²) in [5.41, 5.74) is 2.05. The maximum atomic E-state index is 9.96. The summed E-state index contributed by atoms with van der Waals surface area (Å²) in [6.45, 7) is 4.55. The van der Waals surface area contributed by atoms with Gasteiger partial charge in [-0.1, -0.05) is 66.7 Å². The third-order valence-corrected chi connectivity index (χ3v) is 4.98. The van der Waals surface area contributed by atoms with Crippen molar-refractivity contribution in [2.75, 3.05) is 20.3 Å². The molecule has 162 valence electrons. The van der Waals surface area contributed by atoms with Crippen LogP contribution in [0.5, 0.6) is 0 Å². The third-order valence-electron chi connectivity index (χ3n) is 4.98. The highest BCUT2D eigenvalue weighted by Crippen LogP contribution is 2.30. The zero-order valence-electron chi connectivity index (χ0n) is 17.3. The molecule has 0 spiro atoms. The van der Waals surface area contributed by atoms with Crippen molar-refractivity contribution in [1.29, 1.82) is 0 Å². The predicted molar refractivity (Wildman–Crippen MR) is 113 cm³/mol. The third kappa shape index (κ3) is 5.98. The van der Waals surface area contributed by atoms with Gasteiger partial charge < -0.3 is 28.8 Å². The van der Waals surface area contributed by atoms with E-state index in [1.807, 2.05) is 60.7 Å². The summed E-state index contributed by atoms with van der Waals surface area (Å²) in [5, 5.41) is 9.96. The van der Waals surface area contributed by atoms with Crippen LogP contribution < -0.4 is 0 Å². The van der Waals surface area contributed by atoms with Gasteiger partial charge in [-0.15, -0.1) is 6.58 Å². The highest BCUT2D eigenvalue weighted by molar-refractivity contribution is 5.14. The van der Waals surface area contributed by atoms with Crippen LogP contribution in [0.15, 0.2) is 73.3 Å². The van der Waals surface area contributed by atoms with Gasteiger partial charge in [-0.05, 0) is 11.1 Å². The van der Waals surface area contributed by atoms with Crippen LogP contribution in [0.4, 0.5) is 0 Å². The molecule has 1 heterocycles. The van der Waals surface area contributed by atoms with Crippen molar-refractivity contribution >= 4 is 0 Å². The van der Waals surface area contributed by atoms with Gasteiger partial charge in [-0.25, -0.2) is 0 Å². The molecule has 0 radical (unpaired) electrons. The number of methoxy groups -OCH3 is 1. The van der Waals surface area contributed by atoms with Gasteiger partial charge in [0.1, 0.15) is 24.4 Å². The Morgan fingerprint density at radius 1 is 0.867 bits per heavy atom. The van der Waals surface area contributed by atoms with Crippen molar-refractivity contribution < 1.29 is 28.8 Å². The molecule has 6 heteroatoms. The molecule has 0 bridgehead atoms. The lowest BCUT2D eigenvalue weighted by atomic mass is 9.98. The molecule has 30 heavy (non-hydrogen) atoms. The van der Waals surface area contributed by atoms with E-state index in [0.717, 1.165) is 11.1 Å². The molecule has 2 aromatic carbocycles. The van der Waals surface area contributed by atoms with E-state index >= 15 is 0 Å². The normalized spacial score (nSPS) is 26.4. The summed E-state index contributed by atoms with van der Waals surface area (Å²) in [5.74, 6) is 0. The fourth-order valence-electron chi connectivity index (χ4n) is 3.49. The SMILES string of the molecule is C=CCO[C@@H]1[C@@H](OC)O[C@H](CO)[C@@H](OCc2ccccc2)[C@@H]1OCc1ccccc1. The van der Waals surface area contributed by atoms with Crippen molar-refractivity contribution in [3.63, 3.8) is 0 Å². The van der Waals surface area contributed by atoms with Crippen molar-refractivity contribution in [2.24, 2.45) is 0 Å². The lowest BCUT2D eigenvalue weighted by Crippen LogP contribution is -2.61. The van der Waals surface area contributed by atoms with Gasteiger partial charge in [-0.3, -0.25) is 0 Å². The van der Waals surface area contributed by atoms with E-state index in [0.29, 0.717) is 19.8 Å². The van der Waals surface area contributed by atoms with Crippen LogP contribution in [0.25, 0.3) is 0 Å². The monoisotopic (exact) mass is 414 g/mol. The number of ether oxygens (including phenoxy) is 5. The van der Waals surface area contributed by atoms with E-state index in [4.69, 9.17) is 23.7 Å². The van der Waals surface area contributed by atoms with Crippen LogP contribution in [-0.4, -0.2) is 56.1 Å². The Balaban J connectivity index is 1.81. The first-order chi connectivity index (χ1) is 14.8. The fourth-order valence-corrected chi connectivity index (χ4v) is 3.49. The Hall–Kier alpha value is -2.06. The summed E-state index contributed by atoms with van der Waals surface area (Å²) in [6, 6.07) is 19.7. The van der Waals surface area contributed by atoms with Crippen molar-refractivity contribution in [3.05, 3.63) is 84.4 Å². The second-order valence-corrected chi connectivity index (χ2v) is 7.07. The van der Waals surface area contributed by atoms with E-state index in [-0.39, 0.29) is 6.61 Å². The molecule has 0 saturated carbocycles. The summed E-state index contributed by atoms with van der Waals surface area (Å²) < 4.78 is 29.9. The number of hydrogen-bond donors (Lipinski definition) is 1. The maximum Gasteiger partial charge on any atom is 0.186 e. The summed E-state index contributed by atoms with van der Waals surface area (Å²) >= 11 is 0. The van der Waals surface area contributed by atoms with Crippen LogP contribution in [0.1, 0.15) is 11.1 Å². The molecule has 1 aliphatic rings. The second kappa shape index (κ2) is 12.0. The lowest BCUT2D eigenvalue weighted by molar-refractivity contribution is -0.318. The Labute approximate surface area is 178 Å². The van der Waals surface area contributed by atoms with Gasteiger partial charge in [0.15, 0.2) is 6.29 Å². The minimum atomic E-state index is -0.695. The van der Waals surface area contributed by atoms with E-state index in [1.165, 1.54) is 0 Å². The zero-order valence-corrected chi connectivity index (χ0v) is 17.3. The van der Waals surface area contributed by atoms with Gasteiger partial charge in [-0.2, -0.15) is 0 Å². The molecule has 1 N–H and O–H groups in total. The molecule has 2 aromatic rings. The highest BCUT2D eigenvalue weighted by atomic mass is 16.7. The van der Waals surface area contributed by atoms with E-state index in [9.17, 15) is 5.11 Å². The van der Waals surface area contributed by atoms with E-state index in [1.54, 1.807) is 13.2 Å². The van der Waals surface area contributed by atoms with Crippen LogP contribution >= 0.6 is 0 Å². The highest BCUT2D eigenvalue weighted by Gasteiger charge is 2.48. The summed E-state index contributed by atoms with van der Waals surface area (Å²) in [6.07, 6.45) is -1.23. The molecule has 0 aliphatic carbocycles. The molecule has 6 nitrogen and oxygen atoms in total. The van der Waals surface area contributed by atoms with Gasteiger partial charge >= 0.3 is 0 Å². The van der Waals surface area contributed by atoms with Gasteiger partial charge in [0.05, 0.1) is 26.4 Å². The molecule has 1 aliphatic heterocycles. The maximum absolute atomic E-state index is 9.96. The topological polar surface area (TPSA) is 66.4 Å². The predicted octanol–water partition coefficient (Wildman–Crippen LogP) is 3.09. The molecule has 1 fully saturated rings. The summed E-state index contributed by atoms with van der Waals surface area (Å²) in [7, 11) is 1.54. The van der Waals surface area contributed by atoms with Gasteiger partial charge in [0.25, 0.3) is 0 Å². The fraction of sp³-hybridized carbons (Fsp3) is 0.417. The van der Waals surface area contributed by atoms with Crippen LogP contribution in [0.3, 0.4) is 0 Å². The Morgan fingerprint density at radius 2 is 1.43 bits per heavy atom. The average Bonchev–Trinajstić information content (AvgIpc) is 2.81. The van der Waals surface area contributed by atoms with E-state index < -0.39 is 30.7 Å². The number of aliphatic hydroxyl groups excluding tert-OH is 1. The molecular formula is C24H30O6. The minimum absolute atomic E-state index is 0.224. The molecule has 3 rings (SSSR count). The number of hydrogen-bond acceptors (Lipinski definition) is 6. The second-order valence-electron chi connectivity index (χ2n) is 7.07. The molecule has 0 unspecified atom stereocenters. The molecule has 5 atom stereocenters. The Bertz CT molecular complexity index is 738. The zero-order chi connectivity index (χ0) is 21.2. The number of aliphatic hydroxyl groups is 1. The largest absolute Gasteiger partial charge is 0.394 e. The quantitative estimate of drug-likeness (QED) is 0.570. The molecule has 0 aromatic heterocycles. The summed E-state index contributed by atoms with van der Waals surface area (Å²) in [4.78, 5) is 0. The molecule has 0 amide bonds.